The summed E-state index contributed by atoms with van der Waals surface area (Å²) in [4.78, 5) is 0. The molecule has 1 rings (SSSR count). The Morgan fingerprint density at radius 3 is 2.71 bits per heavy atom. The highest BCUT2D eigenvalue weighted by Gasteiger charge is 2.08. The van der Waals surface area contributed by atoms with Crippen molar-refractivity contribution in [3.8, 4) is 0 Å². The average Bonchev–Trinajstić information content (AvgIpc) is 2.18. The molecule has 0 aromatic heterocycles. The lowest BCUT2D eigenvalue weighted by Crippen LogP contribution is -1.95. The molecule has 0 bridgehead atoms. The molecule has 0 amide bonds. The van der Waals surface area contributed by atoms with Crippen molar-refractivity contribution in [3.63, 3.8) is 0 Å². The number of rotatable bonds is 3. The van der Waals surface area contributed by atoms with E-state index in [-0.39, 0.29) is 5.56 Å². The topological polar surface area (TPSA) is 26.0 Å². The first-order valence-electron chi connectivity index (χ1n) is 4.17. The summed E-state index contributed by atoms with van der Waals surface area (Å²) in [6.45, 7) is 0.493. The van der Waals surface area contributed by atoms with Gasteiger partial charge in [0.15, 0.2) is 5.82 Å². The van der Waals surface area contributed by atoms with Gasteiger partial charge in [0.1, 0.15) is 10.8 Å². The van der Waals surface area contributed by atoms with Gasteiger partial charge in [0.05, 0.1) is 0 Å². The van der Waals surface area contributed by atoms with Gasteiger partial charge in [0.2, 0.25) is 0 Å². The quantitative estimate of drug-likeness (QED) is 0.774. The fraction of sp³-hybridized carbons (Fsp3) is 0.200. The summed E-state index contributed by atoms with van der Waals surface area (Å²) < 4.78 is 26.0. The van der Waals surface area contributed by atoms with Crippen molar-refractivity contribution < 1.29 is 8.78 Å². The van der Waals surface area contributed by atoms with E-state index in [4.69, 9.17) is 17.3 Å². The second kappa shape index (κ2) is 5.08. The van der Waals surface area contributed by atoms with Crippen LogP contribution in [0.1, 0.15) is 12.0 Å². The van der Waals surface area contributed by atoms with Gasteiger partial charge in [-0.05, 0) is 25.1 Å². The van der Waals surface area contributed by atoms with E-state index in [9.17, 15) is 8.78 Å². The predicted octanol–water partition coefficient (Wildman–Crippen LogP) is 2.98. The first-order chi connectivity index (χ1) is 6.66. The van der Waals surface area contributed by atoms with Crippen LogP contribution in [0.3, 0.4) is 0 Å². The predicted molar refractivity (Wildman–Crippen MR) is 54.1 cm³/mol. The Bertz CT molecular complexity index is 350. The van der Waals surface area contributed by atoms with Crippen LogP contribution in [0.4, 0.5) is 8.78 Å². The van der Waals surface area contributed by atoms with Crippen LogP contribution in [0.25, 0.3) is 6.08 Å². The van der Waals surface area contributed by atoms with Gasteiger partial charge in [-0.15, -0.1) is 0 Å². The number of nitrogens with two attached hydrogens (primary N) is 1. The molecule has 4 heteroatoms. The van der Waals surface area contributed by atoms with E-state index in [1.54, 1.807) is 6.08 Å². The minimum Gasteiger partial charge on any atom is -0.330 e. The Morgan fingerprint density at radius 2 is 2.07 bits per heavy atom. The maximum atomic E-state index is 13.2. The minimum absolute atomic E-state index is 0.268. The third kappa shape index (κ3) is 2.53. The lowest BCUT2D eigenvalue weighted by molar-refractivity contribution is 0.582. The third-order valence-corrected chi connectivity index (χ3v) is 2.04. The zero-order valence-corrected chi connectivity index (χ0v) is 8.19. The maximum absolute atomic E-state index is 13.2. The largest absolute Gasteiger partial charge is 0.330 e. The Labute approximate surface area is 86.2 Å². The smallest absolute Gasteiger partial charge is 0.151 e. The second-order valence-corrected chi connectivity index (χ2v) is 3.12. The van der Waals surface area contributed by atoms with Crippen LogP contribution in [-0.2, 0) is 0 Å². The first-order valence-corrected chi connectivity index (χ1v) is 4.54. The molecule has 0 saturated carbocycles. The molecule has 76 valence electrons. The Kier molecular flexibility index (Phi) is 4.04. The van der Waals surface area contributed by atoms with E-state index in [2.05, 4.69) is 0 Å². The minimum atomic E-state index is -0.750. The fourth-order valence-electron chi connectivity index (χ4n) is 0.976. The number of hydrogen-bond donors (Lipinski definition) is 1. The SMILES string of the molecule is NCCC=Cc1ccc(F)c(Cl)c1F. The van der Waals surface area contributed by atoms with Gasteiger partial charge in [-0.3, -0.25) is 0 Å². The average molecular weight is 218 g/mol. The molecule has 1 aromatic rings. The van der Waals surface area contributed by atoms with Crippen LogP contribution in [0, 0.1) is 11.6 Å². The summed E-state index contributed by atoms with van der Waals surface area (Å²) in [5.74, 6) is -1.49. The molecule has 0 spiro atoms. The molecule has 14 heavy (non-hydrogen) atoms. The van der Waals surface area contributed by atoms with Gasteiger partial charge in [-0.1, -0.05) is 23.8 Å². The number of halogens is 3. The van der Waals surface area contributed by atoms with Gasteiger partial charge in [-0.25, -0.2) is 8.78 Å². The molecule has 1 aromatic carbocycles. The summed E-state index contributed by atoms with van der Waals surface area (Å²) in [5, 5.41) is -0.472. The van der Waals surface area contributed by atoms with E-state index < -0.39 is 16.7 Å². The van der Waals surface area contributed by atoms with Crippen LogP contribution in [0.2, 0.25) is 5.02 Å². The Balaban J connectivity index is 2.94. The highest BCUT2D eigenvalue weighted by molar-refractivity contribution is 6.31. The van der Waals surface area contributed by atoms with Crippen molar-refractivity contribution in [2.24, 2.45) is 5.73 Å². The van der Waals surface area contributed by atoms with Crippen LogP contribution in [-0.4, -0.2) is 6.54 Å². The molecular weight excluding hydrogens is 208 g/mol. The molecular formula is C10H10ClF2N. The molecule has 0 aliphatic rings. The first kappa shape index (κ1) is 11.1. The lowest BCUT2D eigenvalue weighted by atomic mass is 10.2. The molecule has 0 aliphatic carbocycles. The molecule has 0 saturated heterocycles. The Hall–Kier alpha value is -0.930. The number of benzene rings is 1. The zero-order chi connectivity index (χ0) is 10.6. The molecule has 2 N–H and O–H groups in total. The molecule has 0 fully saturated rings. The van der Waals surface area contributed by atoms with Crippen molar-refractivity contribution in [1.29, 1.82) is 0 Å². The highest BCUT2D eigenvalue weighted by atomic mass is 35.5. The van der Waals surface area contributed by atoms with Gasteiger partial charge in [0, 0.05) is 5.56 Å². The van der Waals surface area contributed by atoms with Crippen molar-refractivity contribution >= 4 is 17.7 Å². The van der Waals surface area contributed by atoms with Gasteiger partial charge in [-0.2, -0.15) is 0 Å². The van der Waals surface area contributed by atoms with Crippen molar-refractivity contribution in [3.05, 3.63) is 40.4 Å². The maximum Gasteiger partial charge on any atom is 0.151 e. The molecule has 0 unspecified atom stereocenters. The van der Waals surface area contributed by atoms with Crippen molar-refractivity contribution in [2.75, 3.05) is 6.54 Å². The van der Waals surface area contributed by atoms with Gasteiger partial charge < -0.3 is 5.73 Å². The zero-order valence-electron chi connectivity index (χ0n) is 7.43. The number of hydrogen-bond acceptors (Lipinski definition) is 1. The van der Waals surface area contributed by atoms with E-state index in [0.717, 1.165) is 6.07 Å². The normalized spacial score (nSPS) is 11.1. The standard InChI is InChI=1S/C10H10ClF2N/c11-9-8(12)5-4-7(10(9)13)3-1-2-6-14/h1,3-5H,2,6,14H2. The highest BCUT2D eigenvalue weighted by Crippen LogP contribution is 2.22. The fourth-order valence-corrected chi connectivity index (χ4v) is 1.15. The summed E-state index contributed by atoms with van der Waals surface area (Å²) in [7, 11) is 0. The molecule has 0 radical (unpaired) electrons. The summed E-state index contributed by atoms with van der Waals surface area (Å²) in [6.07, 6.45) is 3.90. The van der Waals surface area contributed by atoms with E-state index in [1.165, 1.54) is 12.1 Å². The van der Waals surface area contributed by atoms with Crippen LogP contribution in [0.15, 0.2) is 18.2 Å². The lowest BCUT2D eigenvalue weighted by Gasteiger charge is -2.00. The van der Waals surface area contributed by atoms with Crippen molar-refractivity contribution in [1.82, 2.24) is 0 Å². The summed E-state index contributed by atoms with van der Waals surface area (Å²) >= 11 is 5.39. The molecule has 1 nitrogen and oxygen atoms in total. The summed E-state index contributed by atoms with van der Waals surface area (Å²) in [5.41, 5.74) is 5.52. The van der Waals surface area contributed by atoms with E-state index in [1.807, 2.05) is 0 Å². The molecule has 0 aliphatic heterocycles. The van der Waals surface area contributed by atoms with Crippen LogP contribution >= 0.6 is 11.6 Å². The molecule has 0 heterocycles. The van der Waals surface area contributed by atoms with Crippen molar-refractivity contribution in [2.45, 2.75) is 6.42 Å². The molecule has 0 atom stereocenters. The Morgan fingerprint density at radius 1 is 1.36 bits per heavy atom. The van der Waals surface area contributed by atoms with Crippen LogP contribution < -0.4 is 5.73 Å². The van der Waals surface area contributed by atoms with Gasteiger partial charge in [0.25, 0.3) is 0 Å². The van der Waals surface area contributed by atoms with Crippen LogP contribution in [0.5, 0.6) is 0 Å². The summed E-state index contributed by atoms with van der Waals surface area (Å²) in [6, 6.07) is 2.47. The third-order valence-electron chi connectivity index (χ3n) is 1.70. The van der Waals surface area contributed by atoms with E-state index in [0.29, 0.717) is 13.0 Å². The van der Waals surface area contributed by atoms with Gasteiger partial charge >= 0.3 is 0 Å². The van der Waals surface area contributed by atoms with E-state index >= 15 is 0 Å². The second-order valence-electron chi connectivity index (χ2n) is 2.74. The monoisotopic (exact) mass is 217 g/mol.